The molecule has 0 heterocycles. The van der Waals surface area contributed by atoms with E-state index in [4.69, 9.17) is 5.73 Å². The van der Waals surface area contributed by atoms with E-state index < -0.39 is 12.0 Å². The highest BCUT2D eigenvalue weighted by Gasteiger charge is 2.15. The molecule has 0 amide bonds. The van der Waals surface area contributed by atoms with Crippen molar-refractivity contribution in [1.82, 2.24) is 5.32 Å². The lowest BCUT2D eigenvalue weighted by atomic mass is 10.0. The van der Waals surface area contributed by atoms with Crippen molar-refractivity contribution < 1.29 is 9.90 Å². The van der Waals surface area contributed by atoms with Crippen LogP contribution in [0.5, 0.6) is 0 Å². The zero-order valence-electron chi connectivity index (χ0n) is 17.4. The van der Waals surface area contributed by atoms with Crippen LogP contribution in [0.25, 0.3) is 0 Å². The number of rotatable bonds is 21. The minimum absolute atomic E-state index is 0.400. The number of aliphatic carboxylic acids is 1. The van der Waals surface area contributed by atoms with Gasteiger partial charge in [0.25, 0.3) is 0 Å². The second-order valence-corrected chi connectivity index (χ2v) is 7.73. The van der Waals surface area contributed by atoms with Crippen LogP contribution in [-0.2, 0) is 4.79 Å². The van der Waals surface area contributed by atoms with E-state index in [1.807, 2.05) is 0 Å². The first-order valence-electron chi connectivity index (χ1n) is 11.4. The molecule has 0 saturated carbocycles. The Morgan fingerprint density at radius 1 is 0.769 bits per heavy atom. The topological polar surface area (TPSA) is 75.3 Å². The van der Waals surface area contributed by atoms with Gasteiger partial charge in [-0.15, -0.1) is 0 Å². The molecular formula is C22H46N2O2. The van der Waals surface area contributed by atoms with E-state index in [0.29, 0.717) is 13.0 Å². The normalized spacial score (nSPS) is 12.4. The minimum Gasteiger partial charge on any atom is -0.480 e. The molecule has 4 heteroatoms. The summed E-state index contributed by atoms with van der Waals surface area (Å²) in [6.07, 6.45) is 21.4. The van der Waals surface area contributed by atoms with Crippen LogP contribution in [0.4, 0.5) is 0 Å². The lowest BCUT2D eigenvalue weighted by Gasteiger charge is -2.14. The maximum absolute atomic E-state index is 11.2. The minimum atomic E-state index is -0.729. The monoisotopic (exact) mass is 370 g/mol. The third-order valence-corrected chi connectivity index (χ3v) is 5.17. The standard InChI is InChI=1S/C22H46N2O2/c1-2-3-4-5-6-7-8-9-10-11-12-13-14-17-20-24-21(22(25)26)18-15-16-19-23/h21,24H,2-20,23H2,1H3,(H,25,26)/t21-/m0/s1. The third-order valence-electron chi connectivity index (χ3n) is 5.17. The summed E-state index contributed by atoms with van der Waals surface area (Å²) >= 11 is 0. The molecule has 26 heavy (non-hydrogen) atoms. The van der Waals surface area contributed by atoms with E-state index in [9.17, 15) is 9.90 Å². The third kappa shape index (κ3) is 18.2. The number of hydrogen-bond donors (Lipinski definition) is 3. The number of carboxylic acids is 1. The number of nitrogens with two attached hydrogens (primary N) is 1. The molecule has 0 aliphatic rings. The van der Waals surface area contributed by atoms with Gasteiger partial charge in [0, 0.05) is 0 Å². The molecule has 0 radical (unpaired) electrons. The van der Waals surface area contributed by atoms with Gasteiger partial charge < -0.3 is 16.2 Å². The molecule has 0 rings (SSSR count). The molecule has 4 N–H and O–H groups in total. The van der Waals surface area contributed by atoms with Crippen molar-refractivity contribution in [2.75, 3.05) is 13.1 Å². The molecule has 4 nitrogen and oxygen atoms in total. The molecule has 0 aromatic heterocycles. The zero-order chi connectivity index (χ0) is 19.3. The number of carbonyl (C=O) groups is 1. The summed E-state index contributed by atoms with van der Waals surface area (Å²) in [6.45, 7) is 3.73. The summed E-state index contributed by atoms with van der Waals surface area (Å²) in [5.74, 6) is -0.729. The van der Waals surface area contributed by atoms with Gasteiger partial charge in [-0.25, -0.2) is 0 Å². The Kier molecular flexibility index (Phi) is 20.2. The predicted octanol–water partition coefficient (Wildman–Crippen LogP) is 5.64. The Bertz CT molecular complexity index is 298. The average molecular weight is 371 g/mol. The van der Waals surface area contributed by atoms with E-state index >= 15 is 0 Å². The van der Waals surface area contributed by atoms with Gasteiger partial charge in [-0.2, -0.15) is 0 Å². The first-order valence-corrected chi connectivity index (χ1v) is 11.4. The highest BCUT2D eigenvalue weighted by molar-refractivity contribution is 5.73. The van der Waals surface area contributed by atoms with Crippen molar-refractivity contribution >= 4 is 5.97 Å². The highest BCUT2D eigenvalue weighted by Crippen LogP contribution is 2.12. The van der Waals surface area contributed by atoms with E-state index in [2.05, 4.69) is 12.2 Å². The van der Waals surface area contributed by atoms with Crippen molar-refractivity contribution in [3.63, 3.8) is 0 Å². The molecule has 0 aromatic rings. The first kappa shape index (κ1) is 25.4. The molecule has 0 aliphatic carbocycles. The predicted molar refractivity (Wildman–Crippen MR) is 113 cm³/mol. The van der Waals surface area contributed by atoms with Gasteiger partial charge in [0.2, 0.25) is 0 Å². The Morgan fingerprint density at radius 2 is 1.23 bits per heavy atom. The maximum Gasteiger partial charge on any atom is 0.320 e. The number of nitrogens with one attached hydrogen (secondary N) is 1. The summed E-state index contributed by atoms with van der Waals surface area (Å²) < 4.78 is 0. The fraction of sp³-hybridized carbons (Fsp3) is 0.955. The summed E-state index contributed by atoms with van der Waals surface area (Å²) in [4.78, 5) is 11.2. The second-order valence-electron chi connectivity index (χ2n) is 7.73. The molecule has 0 aliphatic heterocycles. The fourth-order valence-electron chi connectivity index (χ4n) is 3.40. The first-order chi connectivity index (χ1) is 12.7. The van der Waals surface area contributed by atoms with Gasteiger partial charge in [-0.05, 0) is 32.4 Å². The zero-order valence-corrected chi connectivity index (χ0v) is 17.4. The van der Waals surface area contributed by atoms with Gasteiger partial charge in [-0.1, -0.05) is 96.8 Å². The highest BCUT2D eigenvalue weighted by atomic mass is 16.4. The number of unbranched alkanes of at least 4 members (excludes halogenated alkanes) is 14. The second kappa shape index (κ2) is 20.7. The smallest absolute Gasteiger partial charge is 0.320 e. The summed E-state index contributed by atoms with van der Waals surface area (Å²) in [5, 5.41) is 12.4. The number of carboxylic acid groups (broad SMARTS) is 1. The summed E-state index contributed by atoms with van der Waals surface area (Å²) in [7, 11) is 0. The Balaban J connectivity index is 3.28. The SMILES string of the molecule is CCCCCCCCCCCCCCCCN[C@@H](CCCCN)C(=O)O. The van der Waals surface area contributed by atoms with Crippen LogP contribution in [-0.4, -0.2) is 30.2 Å². The van der Waals surface area contributed by atoms with Crippen LogP contribution < -0.4 is 11.1 Å². The summed E-state index contributed by atoms with van der Waals surface area (Å²) in [5.41, 5.74) is 5.46. The molecule has 0 saturated heterocycles. The van der Waals surface area contributed by atoms with Gasteiger partial charge in [0.05, 0.1) is 0 Å². The Morgan fingerprint density at radius 3 is 1.65 bits per heavy atom. The lowest BCUT2D eigenvalue weighted by Crippen LogP contribution is -2.37. The van der Waals surface area contributed by atoms with Crippen molar-refractivity contribution in [2.24, 2.45) is 5.73 Å². The van der Waals surface area contributed by atoms with Crippen LogP contribution in [0.3, 0.4) is 0 Å². The van der Waals surface area contributed by atoms with Crippen molar-refractivity contribution in [1.29, 1.82) is 0 Å². The van der Waals surface area contributed by atoms with E-state index in [1.165, 1.54) is 83.5 Å². The van der Waals surface area contributed by atoms with Crippen LogP contribution in [0.15, 0.2) is 0 Å². The van der Waals surface area contributed by atoms with Gasteiger partial charge in [0.15, 0.2) is 0 Å². The van der Waals surface area contributed by atoms with Gasteiger partial charge in [-0.3, -0.25) is 4.79 Å². The Hall–Kier alpha value is -0.610. The molecule has 1 atom stereocenters. The molecule has 0 unspecified atom stereocenters. The molecule has 0 aromatic carbocycles. The fourth-order valence-corrected chi connectivity index (χ4v) is 3.40. The average Bonchev–Trinajstić information content (AvgIpc) is 2.63. The van der Waals surface area contributed by atoms with E-state index in [-0.39, 0.29) is 0 Å². The van der Waals surface area contributed by atoms with Gasteiger partial charge in [0.1, 0.15) is 6.04 Å². The molecule has 156 valence electrons. The summed E-state index contributed by atoms with van der Waals surface area (Å²) in [6, 6.07) is -0.400. The van der Waals surface area contributed by atoms with Gasteiger partial charge >= 0.3 is 5.97 Å². The van der Waals surface area contributed by atoms with Crippen LogP contribution in [0.1, 0.15) is 116 Å². The van der Waals surface area contributed by atoms with Crippen LogP contribution in [0.2, 0.25) is 0 Å². The number of hydrogen-bond acceptors (Lipinski definition) is 3. The molecule has 0 spiro atoms. The van der Waals surface area contributed by atoms with E-state index in [1.54, 1.807) is 0 Å². The molecular weight excluding hydrogens is 324 g/mol. The van der Waals surface area contributed by atoms with Crippen molar-refractivity contribution in [2.45, 2.75) is 122 Å². The van der Waals surface area contributed by atoms with E-state index in [0.717, 1.165) is 25.8 Å². The quantitative estimate of drug-likeness (QED) is 0.229. The molecule has 0 fully saturated rings. The largest absolute Gasteiger partial charge is 0.480 e. The molecule has 0 bridgehead atoms. The lowest BCUT2D eigenvalue weighted by molar-refractivity contribution is -0.139. The van der Waals surface area contributed by atoms with Crippen molar-refractivity contribution in [3.8, 4) is 0 Å². The van der Waals surface area contributed by atoms with Crippen molar-refractivity contribution in [3.05, 3.63) is 0 Å². The van der Waals surface area contributed by atoms with Crippen LogP contribution >= 0.6 is 0 Å². The Labute approximate surface area is 162 Å². The maximum atomic E-state index is 11.2. The van der Waals surface area contributed by atoms with Crippen LogP contribution in [0, 0.1) is 0 Å².